The number of pyridine rings is 1. The summed E-state index contributed by atoms with van der Waals surface area (Å²) in [7, 11) is 0. The first-order valence-electron chi connectivity index (χ1n) is 8.28. The highest BCUT2D eigenvalue weighted by molar-refractivity contribution is 6.30. The summed E-state index contributed by atoms with van der Waals surface area (Å²) < 4.78 is 13.2. The van der Waals surface area contributed by atoms with Gasteiger partial charge in [0.2, 0.25) is 5.95 Å². The molecule has 0 amide bonds. The molecule has 0 bridgehead atoms. The number of aliphatic hydroxyl groups excluding tert-OH is 1. The first-order valence-corrected chi connectivity index (χ1v) is 8.66. The summed E-state index contributed by atoms with van der Waals surface area (Å²) in [5.41, 5.74) is 2.25. The van der Waals surface area contributed by atoms with Crippen molar-refractivity contribution in [2.45, 2.75) is 12.5 Å². The number of hydrogen-bond acceptors (Lipinski definition) is 5. The van der Waals surface area contributed by atoms with Gasteiger partial charge in [0.15, 0.2) is 5.82 Å². The van der Waals surface area contributed by atoms with Gasteiger partial charge in [-0.1, -0.05) is 23.7 Å². The topological polar surface area (TPSA) is 62.1 Å². The minimum absolute atomic E-state index is 0.361. The van der Waals surface area contributed by atoms with Gasteiger partial charge in [-0.15, -0.1) is 0 Å². The van der Waals surface area contributed by atoms with E-state index in [0.717, 1.165) is 23.6 Å². The average Bonchev–Trinajstić information content (AvgIpc) is 3.09. The molecule has 7 heteroatoms. The minimum Gasteiger partial charge on any atom is -0.391 e. The lowest BCUT2D eigenvalue weighted by Crippen LogP contribution is -2.22. The molecular weight excluding hydrogens is 355 g/mol. The van der Waals surface area contributed by atoms with Gasteiger partial charge in [-0.3, -0.25) is 0 Å². The van der Waals surface area contributed by atoms with Gasteiger partial charge in [-0.2, -0.15) is 4.39 Å². The Morgan fingerprint density at radius 2 is 1.85 bits per heavy atom. The molecule has 26 heavy (non-hydrogen) atoms. The van der Waals surface area contributed by atoms with Crippen molar-refractivity contribution in [3.8, 4) is 22.6 Å². The molecule has 3 heterocycles. The highest BCUT2D eigenvalue weighted by Crippen LogP contribution is 2.28. The fraction of sp³-hybridized carbons (Fsp3) is 0.211. The third kappa shape index (κ3) is 3.52. The number of aromatic nitrogens is 3. The van der Waals surface area contributed by atoms with Crippen LogP contribution >= 0.6 is 11.6 Å². The molecule has 1 fully saturated rings. The molecule has 132 valence electrons. The molecule has 0 unspecified atom stereocenters. The molecular formula is C19H16ClFN4O. The van der Waals surface area contributed by atoms with Crippen LogP contribution in [-0.4, -0.2) is 39.3 Å². The van der Waals surface area contributed by atoms with Crippen molar-refractivity contribution in [3.63, 3.8) is 0 Å². The normalized spacial score (nSPS) is 16.9. The Balaban J connectivity index is 1.81. The molecule has 0 aliphatic carbocycles. The van der Waals surface area contributed by atoms with Crippen LogP contribution in [0.4, 0.5) is 10.2 Å². The molecule has 3 aromatic rings. The van der Waals surface area contributed by atoms with Gasteiger partial charge in [0, 0.05) is 41.5 Å². The van der Waals surface area contributed by atoms with Crippen LogP contribution < -0.4 is 4.90 Å². The van der Waals surface area contributed by atoms with Crippen molar-refractivity contribution >= 4 is 17.4 Å². The number of aliphatic hydroxyl groups is 1. The fourth-order valence-electron chi connectivity index (χ4n) is 2.95. The number of halogens is 2. The number of benzene rings is 1. The maximum atomic E-state index is 13.2. The van der Waals surface area contributed by atoms with Crippen molar-refractivity contribution in [2.75, 3.05) is 18.0 Å². The maximum Gasteiger partial charge on any atom is 0.212 e. The van der Waals surface area contributed by atoms with Crippen LogP contribution in [0.1, 0.15) is 6.42 Å². The Morgan fingerprint density at radius 1 is 1.08 bits per heavy atom. The van der Waals surface area contributed by atoms with E-state index in [9.17, 15) is 9.50 Å². The van der Waals surface area contributed by atoms with E-state index >= 15 is 0 Å². The molecule has 0 saturated carbocycles. The second kappa shape index (κ2) is 6.97. The molecule has 1 aliphatic heterocycles. The summed E-state index contributed by atoms with van der Waals surface area (Å²) in [4.78, 5) is 14.9. The molecule has 1 saturated heterocycles. The van der Waals surface area contributed by atoms with E-state index in [1.807, 2.05) is 23.1 Å². The summed E-state index contributed by atoms with van der Waals surface area (Å²) in [6, 6.07) is 12.2. The number of nitrogens with zero attached hydrogens (tertiary/aromatic N) is 4. The van der Waals surface area contributed by atoms with Crippen molar-refractivity contribution in [3.05, 3.63) is 59.6 Å². The molecule has 1 N–H and O–H groups in total. The second-order valence-electron chi connectivity index (χ2n) is 6.20. The first kappa shape index (κ1) is 16.9. The van der Waals surface area contributed by atoms with E-state index in [1.54, 1.807) is 18.2 Å². The quantitative estimate of drug-likeness (QED) is 0.714. The van der Waals surface area contributed by atoms with E-state index in [-0.39, 0.29) is 6.10 Å². The minimum atomic E-state index is -0.550. The first-order chi connectivity index (χ1) is 12.6. The Labute approximate surface area is 155 Å². The molecule has 1 aliphatic rings. The van der Waals surface area contributed by atoms with Gasteiger partial charge in [0.1, 0.15) is 5.82 Å². The van der Waals surface area contributed by atoms with Gasteiger partial charge in [-0.25, -0.2) is 15.0 Å². The van der Waals surface area contributed by atoms with E-state index in [2.05, 4.69) is 15.0 Å². The van der Waals surface area contributed by atoms with Crippen molar-refractivity contribution < 1.29 is 9.50 Å². The van der Waals surface area contributed by atoms with Crippen LogP contribution in [0.15, 0.2) is 48.7 Å². The van der Waals surface area contributed by atoms with Crippen LogP contribution in [0.2, 0.25) is 5.02 Å². The van der Waals surface area contributed by atoms with Crippen LogP contribution in [0.25, 0.3) is 22.6 Å². The zero-order chi connectivity index (χ0) is 18.1. The molecule has 2 aromatic heterocycles. The predicted molar refractivity (Wildman–Crippen MR) is 98.5 cm³/mol. The predicted octanol–water partition coefficient (Wildman–Crippen LogP) is 3.57. The Hall–Kier alpha value is -2.57. The van der Waals surface area contributed by atoms with Crippen LogP contribution in [-0.2, 0) is 0 Å². The SMILES string of the molecule is O[C@H]1CCN(c2cc(-c3ccc(Cl)cc3)nc(-c3ccc(F)nc3)n2)C1. The van der Waals surface area contributed by atoms with Gasteiger partial charge < -0.3 is 10.0 Å². The lowest BCUT2D eigenvalue weighted by atomic mass is 10.1. The number of β-amino-alcohol motifs (C(OH)–C–C–N with tert-alkyl or cyclic N) is 1. The molecule has 5 nitrogen and oxygen atoms in total. The van der Waals surface area contributed by atoms with Crippen molar-refractivity contribution in [2.24, 2.45) is 0 Å². The Morgan fingerprint density at radius 3 is 2.50 bits per heavy atom. The largest absolute Gasteiger partial charge is 0.391 e. The van der Waals surface area contributed by atoms with Gasteiger partial charge >= 0.3 is 0 Å². The van der Waals surface area contributed by atoms with Gasteiger partial charge in [0.05, 0.1) is 11.8 Å². The van der Waals surface area contributed by atoms with Crippen molar-refractivity contribution in [1.82, 2.24) is 15.0 Å². The van der Waals surface area contributed by atoms with E-state index < -0.39 is 5.95 Å². The summed E-state index contributed by atoms with van der Waals surface area (Å²) in [5, 5.41) is 10.5. The Kier molecular flexibility index (Phi) is 4.53. The smallest absolute Gasteiger partial charge is 0.212 e. The average molecular weight is 371 g/mol. The maximum absolute atomic E-state index is 13.2. The van der Waals surface area contributed by atoms with Crippen LogP contribution in [0.3, 0.4) is 0 Å². The van der Waals surface area contributed by atoms with Gasteiger partial charge in [0.25, 0.3) is 0 Å². The summed E-state index contributed by atoms with van der Waals surface area (Å²) in [6.07, 6.45) is 1.76. The monoisotopic (exact) mass is 370 g/mol. The standard InChI is InChI=1S/C19H16ClFN4O/c20-14-4-1-12(2-5-14)16-9-18(25-8-7-15(26)11-25)24-19(23-16)13-3-6-17(21)22-10-13/h1-6,9-10,15,26H,7-8,11H2/t15-/m0/s1. The molecule has 0 spiro atoms. The molecule has 1 aromatic carbocycles. The van der Waals surface area contributed by atoms with E-state index in [0.29, 0.717) is 29.4 Å². The summed E-state index contributed by atoms with van der Waals surface area (Å²) in [6.45, 7) is 1.25. The second-order valence-corrected chi connectivity index (χ2v) is 6.64. The number of rotatable bonds is 3. The lowest BCUT2D eigenvalue weighted by molar-refractivity contribution is 0.198. The number of hydrogen-bond donors (Lipinski definition) is 1. The zero-order valence-corrected chi connectivity index (χ0v) is 14.6. The highest BCUT2D eigenvalue weighted by Gasteiger charge is 2.23. The third-order valence-corrected chi connectivity index (χ3v) is 4.58. The third-order valence-electron chi connectivity index (χ3n) is 4.33. The van der Waals surface area contributed by atoms with Crippen LogP contribution in [0.5, 0.6) is 0 Å². The Bertz CT molecular complexity index is 854. The van der Waals surface area contributed by atoms with Gasteiger partial charge in [-0.05, 0) is 30.7 Å². The zero-order valence-electron chi connectivity index (χ0n) is 13.8. The van der Waals surface area contributed by atoms with Crippen LogP contribution in [0, 0.1) is 5.95 Å². The fourth-order valence-corrected chi connectivity index (χ4v) is 3.08. The van der Waals surface area contributed by atoms with Crippen molar-refractivity contribution in [1.29, 1.82) is 0 Å². The molecule has 1 atom stereocenters. The molecule has 0 radical (unpaired) electrons. The highest BCUT2D eigenvalue weighted by atomic mass is 35.5. The number of anilines is 1. The lowest BCUT2D eigenvalue weighted by Gasteiger charge is -2.18. The summed E-state index contributed by atoms with van der Waals surface area (Å²) >= 11 is 5.98. The van der Waals surface area contributed by atoms with E-state index in [4.69, 9.17) is 11.6 Å². The van der Waals surface area contributed by atoms with E-state index in [1.165, 1.54) is 12.3 Å². The summed E-state index contributed by atoms with van der Waals surface area (Å²) in [5.74, 6) is 0.632. The molecule has 4 rings (SSSR count).